The number of halogens is 3. The number of nitrogens with one attached hydrogen (secondary N) is 2. The van der Waals surface area contributed by atoms with Gasteiger partial charge in [0.25, 0.3) is 0 Å². The Morgan fingerprint density at radius 2 is 1.77 bits per heavy atom. The number of piperazine rings is 1. The average Bonchev–Trinajstić information content (AvgIpc) is 2.80. The van der Waals surface area contributed by atoms with Crippen molar-refractivity contribution in [2.75, 3.05) is 44.6 Å². The molecule has 0 saturated carbocycles. The van der Waals surface area contributed by atoms with Crippen molar-refractivity contribution in [1.29, 1.82) is 0 Å². The third kappa shape index (κ3) is 11.9. The molecule has 1 aliphatic heterocycles. The number of carbonyl (C=O) groups excluding carboxylic acids is 2. The van der Waals surface area contributed by atoms with Crippen LogP contribution in [0.25, 0.3) is 0 Å². The highest BCUT2D eigenvalue weighted by Gasteiger charge is 2.30. The fraction of sp³-hybridized carbons (Fsp3) is 0.591. The predicted octanol–water partition coefficient (Wildman–Crippen LogP) is 4.03. The van der Waals surface area contributed by atoms with E-state index in [2.05, 4.69) is 14.9 Å². The Labute approximate surface area is 211 Å². The summed E-state index contributed by atoms with van der Waals surface area (Å²) in [5.41, 5.74) is -4.03. The molecule has 0 radical (unpaired) electrons. The molecule has 0 spiro atoms. The summed E-state index contributed by atoms with van der Waals surface area (Å²) in [5, 5.41) is 11.7. The van der Waals surface area contributed by atoms with E-state index in [4.69, 9.17) is 5.11 Å². The number of carboxylic acid groups (broad SMARTS) is 1. The monoisotopic (exact) mass is 536 g/mol. The maximum absolute atomic E-state index is 13.0. The molecular formula is C22H31F3N4O4S2. The number of thioether (sulfide) groups is 1. The first-order valence-corrected chi connectivity index (χ1v) is 13.0. The van der Waals surface area contributed by atoms with Crippen LogP contribution in [0, 0.1) is 0 Å². The van der Waals surface area contributed by atoms with Crippen molar-refractivity contribution in [3.8, 4) is 0 Å². The number of aliphatic carboxylic acids is 1. The maximum Gasteiger partial charge on any atom is 0.446 e. The van der Waals surface area contributed by atoms with Crippen LogP contribution in [0.2, 0.25) is 0 Å². The van der Waals surface area contributed by atoms with Gasteiger partial charge in [0, 0.05) is 61.0 Å². The second-order valence-corrected chi connectivity index (χ2v) is 10.0. The molecular weight excluding hydrogens is 505 g/mol. The minimum absolute atomic E-state index is 0.0466. The maximum atomic E-state index is 13.0. The van der Waals surface area contributed by atoms with Gasteiger partial charge in [0.05, 0.1) is 0 Å². The lowest BCUT2D eigenvalue weighted by Crippen LogP contribution is -2.48. The molecule has 0 unspecified atom stereocenters. The predicted molar refractivity (Wildman–Crippen MR) is 130 cm³/mol. The molecule has 35 heavy (non-hydrogen) atoms. The van der Waals surface area contributed by atoms with Gasteiger partial charge in [-0.15, -0.1) is 0 Å². The largest absolute Gasteiger partial charge is 0.481 e. The minimum atomic E-state index is -4.42. The topological polar surface area (TPSA) is 102 Å². The van der Waals surface area contributed by atoms with E-state index in [0.717, 1.165) is 44.4 Å². The van der Waals surface area contributed by atoms with Gasteiger partial charge in [-0.25, -0.2) is 0 Å². The van der Waals surface area contributed by atoms with Crippen molar-refractivity contribution >= 4 is 47.7 Å². The summed E-state index contributed by atoms with van der Waals surface area (Å²) in [5.74, 6) is -0.717. The second-order valence-electron chi connectivity index (χ2n) is 8.00. The van der Waals surface area contributed by atoms with E-state index < -0.39 is 11.5 Å². The molecule has 1 saturated heterocycles. The number of rotatable bonds is 15. The molecule has 1 aliphatic rings. The first kappa shape index (κ1) is 29.1. The molecule has 1 aromatic rings. The summed E-state index contributed by atoms with van der Waals surface area (Å²) >= 11 is 0.751. The van der Waals surface area contributed by atoms with Crippen LogP contribution < -0.4 is 10.0 Å². The van der Waals surface area contributed by atoms with E-state index in [1.54, 1.807) is 12.1 Å². The number of hydrogen-bond acceptors (Lipinski definition) is 7. The fourth-order valence-corrected chi connectivity index (χ4v) is 4.90. The smallest absolute Gasteiger partial charge is 0.446 e. The summed E-state index contributed by atoms with van der Waals surface area (Å²) in [6.07, 6.45) is 3.77. The Hall–Kier alpha value is -2.12. The molecule has 0 aromatic heterocycles. The number of hydrogen-bond donors (Lipinski definition) is 3. The van der Waals surface area contributed by atoms with E-state index in [-0.39, 0.29) is 29.0 Å². The van der Waals surface area contributed by atoms with Crippen molar-refractivity contribution < 1.29 is 32.7 Å². The number of carboxylic acids is 1. The lowest BCUT2D eigenvalue weighted by Gasteiger charge is -2.34. The standard InChI is InChI=1S/C22H31F3N4O4S2/c23-22(24,25)34-19-15-17(35-27-16-30)7-8-18(19)26-9-4-10-28-11-13-29(14-12-28)20(31)5-2-1-3-6-21(32)33/h7-8,15-16,26H,1-6,9-14H2,(H,27,30)(H,32,33). The number of unbranched alkanes of at least 4 members (excludes halogenated alkanes) is 2. The quantitative estimate of drug-likeness (QED) is 0.134. The molecule has 1 heterocycles. The van der Waals surface area contributed by atoms with Crippen molar-refractivity contribution in [3.63, 3.8) is 0 Å². The molecule has 0 aliphatic carbocycles. The second kappa shape index (κ2) is 15.1. The molecule has 2 amide bonds. The van der Waals surface area contributed by atoms with E-state index in [1.807, 2.05) is 4.90 Å². The van der Waals surface area contributed by atoms with Gasteiger partial charge in [0.1, 0.15) is 0 Å². The van der Waals surface area contributed by atoms with Crippen molar-refractivity contribution in [2.24, 2.45) is 0 Å². The molecule has 2 rings (SSSR count). The van der Waals surface area contributed by atoms with Gasteiger partial charge in [-0.1, -0.05) is 6.42 Å². The van der Waals surface area contributed by atoms with Crippen LogP contribution in [0.15, 0.2) is 28.0 Å². The molecule has 3 N–H and O–H groups in total. The fourth-order valence-electron chi connectivity index (χ4n) is 3.65. The molecule has 0 atom stereocenters. The third-order valence-corrected chi connectivity index (χ3v) is 6.87. The van der Waals surface area contributed by atoms with Gasteiger partial charge in [0.2, 0.25) is 12.3 Å². The Bertz CT molecular complexity index is 837. The number of alkyl halides is 3. The normalized spacial score (nSPS) is 14.5. The summed E-state index contributed by atoms with van der Waals surface area (Å²) in [4.78, 5) is 37.9. The number of carbonyl (C=O) groups is 3. The zero-order chi connectivity index (χ0) is 25.7. The molecule has 1 fully saturated rings. The van der Waals surface area contributed by atoms with Crippen LogP contribution in [0.4, 0.5) is 18.9 Å². The van der Waals surface area contributed by atoms with Crippen LogP contribution in [0.3, 0.4) is 0 Å². The number of amides is 2. The highest BCUT2D eigenvalue weighted by molar-refractivity contribution is 8.00. The van der Waals surface area contributed by atoms with Crippen LogP contribution in [0.1, 0.15) is 38.5 Å². The first-order valence-electron chi connectivity index (χ1n) is 11.4. The third-order valence-electron chi connectivity index (χ3n) is 5.38. The van der Waals surface area contributed by atoms with Crippen molar-refractivity contribution in [3.05, 3.63) is 18.2 Å². The Balaban J connectivity index is 1.70. The SMILES string of the molecule is O=CNSc1ccc(NCCCN2CCN(C(=O)CCCCCC(=O)O)CC2)c(SC(F)(F)F)c1. The lowest BCUT2D eigenvalue weighted by molar-refractivity contribution is -0.137. The molecule has 13 heteroatoms. The minimum Gasteiger partial charge on any atom is -0.481 e. The van der Waals surface area contributed by atoms with Gasteiger partial charge in [-0.05, 0) is 67.7 Å². The Morgan fingerprint density at radius 3 is 2.43 bits per heavy atom. The van der Waals surface area contributed by atoms with Gasteiger partial charge >= 0.3 is 11.5 Å². The molecule has 0 bridgehead atoms. The molecule has 1 aromatic carbocycles. The van der Waals surface area contributed by atoms with E-state index >= 15 is 0 Å². The molecule has 196 valence electrons. The van der Waals surface area contributed by atoms with E-state index in [9.17, 15) is 27.6 Å². The first-order chi connectivity index (χ1) is 16.7. The zero-order valence-corrected chi connectivity index (χ0v) is 20.9. The van der Waals surface area contributed by atoms with Gasteiger partial charge in [0.15, 0.2) is 0 Å². The zero-order valence-electron chi connectivity index (χ0n) is 19.3. The van der Waals surface area contributed by atoms with Gasteiger partial charge in [-0.2, -0.15) is 13.2 Å². The van der Waals surface area contributed by atoms with Crippen molar-refractivity contribution in [1.82, 2.24) is 14.5 Å². The van der Waals surface area contributed by atoms with Crippen molar-refractivity contribution in [2.45, 2.75) is 53.8 Å². The molecule has 8 nitrogen and oxygen atoms in total. The summed E-state index contributed by atoms with van der Waals surface area (Å²) in [6, 6.07) is 4.62. The summed E-state index contributed by atoms with van der Waals surface area (Å²) in [6.45, 7) is 4.04. The lowest BCUT2D eigenvalue weighted by atomic mass is 10.1. The van der Waals surface area contributed by atoms with E-state index in [1.165, 1.54) is 6.07 Å². The highest BCUT2D eigenvalue weighted by Crippen LogP contribution is 2.41. The van der Waals surface area contributed by atoms with Crippen LogP contribution in [-0.4, -0.2) is 78.0 Å². The Morgan fingerprint density at radius 1 is 1.06 bits per heavy atom. The number of nitrogens with zero attached hydrogens (tertiary/aromatic N) is 2. The summed E-state index contributed by atoms with van der Waals surface area (Å²) < 4.78 is 41.2. The number of benzene rings is 1. The Kier molecular flexibility index (Phi) is 12.6. The van der Waals surface area contributed by atoms with Crippen LogP contribution in [0.5, 0.6) is 0 Å². The van der Waals surface area contributed by atoms with Crippen LogP contribution in [-0.2, 0) is 14.4 Å². The summed E-state index contributed by atoms with van der Waals surface area (Å²) in [7, 11) is 0. The van der Waals surface area contributed by atoms with Gasteiger partial charge < -0.3 is 15.3 Å². The number of anilines is 1. The van der Waals surface area contributed by atoms with Crippen LogP contribution >= 0.6 is 23.7 Å². The average molecular weight is 537 g/mol. The van der Waals surface area contributed by atoms with E-state index in [0.29, 0.717) is 55.9 Å². The highest BCUT2D eigenvalue weighted by atomic mass is 32.2. The van der Waals surface area contributed by atoms with Gasteiger partial charge in [-0.3, -0.25) is 24.0 Å².